The number of hydrogen-bond donors (Lipinski definition) is 1. The zero-order valence-corrected chi connectivity index (χ0v) is 13.7. The summed E-state index contributed by atoms with van der Waals surface area (Å²) in [5, 5.41) is 0.796. The zero-order chi connectivity index (χ0) is 14.9. The third-order valence-electron chi connectivity index (χ3n) is 4.25. The van der Waals surface area contributed by atoms with Gasteiger partial charge in [-0.25, -0.2) is 0 Å². The Morgan fingerprint density at radius 2 is 2.05 bits per heavy atom. The average molecular weight is 296 g/mol. The van der Waals surface area contributed by atoms with E-state index in [1.54, 1.807) is 0 Å². The lowest BCUT2D eigenvalue weighted by Gasteiger charge is -2.46. The van der Waals surface area contributed by atoms with Crippen molar-refractivity contribution >= 4 is 17.3 Å². The van der Waals surface area contributed by atoms with E-state index < -0.39 is 0 Å². The van der Waals surface area contributed by atoms with Gasteiger partial charge < -0.3 is 10.6 Å². The summed E-state index contributed by atoms with van der Waals surface area (Å²) in [6.07, 6.45) is 0.888. The lowest BCUT2D eigenvalue weighted by atomic mass is 9.97. The molecular weight excluding hydrogens is 270 g/mol. The number of likely N-dealkylation sites (N-methyl/N-ethyl adjacent to an activating group) is 1. The Labute approximate surface area is 127 Å². The van der Waals surface area contributed by atoms with Gasteiger partial charge in [0.25, 0.3) is 0 Å². The molecule has 0 bridgehead atoms. The summed E-state index contributed by atoms with van der Waals surface area (Å²) in [7, 11) is 2.19. The van der Waals surface area contributed by atoms with Crippen LogP contribution >= 0.6 is 11.6 Å². The highest BCUT2D eigenvalue weighted by atomic mass is 35.5. The van der Waals surface area contributed by atoms with E-state index in [0.29, 0.717) is 0 Å². The van der Waals surface area contributed by atoms with Crippen molar-refractivity contribution in [1.29, 1.82) is 0 Å². The van der Waals surface area contributed by atoms with Gasteiger partial charge in [0.05, 0.1) is 0 Å². The van der Waals surface area contributed by atoms with Crippen molar-refractivity contribution in [2.75, 3.05) is 31.6 Å². The van der Waals surface area contributed by atoms with Crippen LogP contribution in [0.15, 0.2) is 18.2 Å². The molecule has 112 valence electrons. The Balaban J connectivity index is 2.29. The lowest BCUT2D eigenvalue weighted by molar-refractivity contribution is 0.139. The molecule has 0 amide bonds. The normalized spacial score (nSPS) is 21.0. The van der Waals surface area contributed by atoms with Crippen LogP contribution in [-0.4, -0.2) is 43.2 Å². The molecule has 1 aliphatic rings. The van der Waals surface area contributed by atoms with E-state index in [9.17, 15) is 0 Å². The molecule has 1 aromatic rings. The summed E-state index contributed by atoms with van der Waals surface area (Å²) >= 11 is 6.20. The van der Waals surface area contributed by atoms with Crippen LogP contribution < -0.4 is 10.6 Å². The molecule has 0 aliphatic carbocycles. The second-order valence-electron chi connectivity index (χ2n) is 6.61. The van der Waals surface area contributed by atoms with E-state index in [2.05, 4.69) is 42.8 Å². The van der Waals surface area contributed by atoms with Gasteiger partial charge >= 0.3 is 0 Å². The van der Waals surface area contributed by atoms with E-state index in [4.69, 9.17) is 17.3 Å². The van der Waals surface area contributed by atoms with Gasteiger partial charge in [-0.2, -0.15) is 0 Å². The van der Waals surface area contributed by atoms with Gasteiger partial charge in [-0.3, -0.25) is 4.90 Å². The first-order chi connectivity index (χ1) is 9.29. The van der Waals surface area contributed by atoms with E-state index in [1.807, 2.05) is 13.0 Å². The Hall–Kier alpha value is -0.770. The average Bonchev–Trinajstić information content (AvgIpc) is 2.34. The molecule has 0 radical (unpaired) electrons. The van der Waals surface area contributed by atoms with Crippen LogP contribution in [0.25, 0.3) is 0 Å². The van der Waals surface area contributed by atoms with E-state index in [1.165, 1.54) is 11.3 Å². The molecule has 1 saturated heterocycles. The van der Waals surface area contributed by atoms with Crippen LogP contribution in [0.5, 0.6) is 0 Å². The molecule has 1 aromatic carbocycles. The fourth-order valence-electron chi connectivity index (χ4n) is 2.80. The molecule has 2 rings (SSSR count). The summed E-state index contributed by atoms with van der Waals surface area (Å²) in [5.41, 5.74) is 8.69. The Morgan fingerprint density at radius 1 is 1.35 bits per heavy atom. The van der Waals surface area contributed by atoms with Crippen LogP contribution in [0.2, 0.25) is 5.02 Å². The Kier molecular flexibility index (Phi) is 4.62. The van der Waals surface area contributed by atoms with Crippen LogP contribution in [0, 0.1) is 0 Å². The standard InChI is InChI=1S/C16H26ClN3/c1-12(18)9-13-5-6-14(17)10-15(13)20-8-7-19(4)16(2,3)11-20/h5-6,10,12H,7-9,11,18H2,1-4H3. The number of anilines is 1. The smallest absolute Gasteiger partial charge is 0.0426 e. The molecule has 0 spiro atoms. The minimum atomic E-state index is 0.162. The number of hydrogen-bond acceptors (Lipinski definition) is 3. The second-order valence-corrected chi connectivity index (χ2v) is 7.05. The molecule has 1 aliphatic heterocycles. The summed E-state index contributed by atoms with van der Waals surface area (Å²) < 4.78 is 0. The first-order valence-electron chi connectivity index (χ1n) is 7.30. The zero-order valence-electron chi connectivity index (χ0n) is 13.0. The van der Waals surface area contributed by atoms with Crippen molar-refractivity contribution in [1.82, 2.24) is 4.90 Å². The predicted octanol–water partition coefficient (Wildman–Crippen LogP) is 2.76. The fourth-order valence-corrected chi connectivity index (χ4v) is 2.96. The van der Waals surface area contributed by atoms with Gasteiger partial charge in [0.2, 0.25) is 0 Å². The minimum Gasteiger partial charge on any atom is -0.368 e. The first kappa shape index (κ1) is 15.6. The number of benzene rings is 1. The summed E-state index contributed by atoms with van der Waals surface area (Å²) in [5.74, 6) is 0. The number of piperazine rings is 1. The molecule has 0 saturated carbocycles. The van der Waals surface area contributed by atoms with Crippen molar-refractivity contribution in [3.8, 4) is 0 Å². The maximum Gasteiger partial charge on any atom is 0.0426 e. The maximum atomic E-state index is 6.20. The quantitative estimate of drug-likeness (QED) is 0.931. The summed E-state index contributed by atoms with van der Waals surface area (Å²) in [6, 6.07) is 6.33. The molecular formula is C16H26ClN3. The lowest BCUT2D eigenvalue weighted by Crippen LogP contribution is -2.57. The maximum absolute atomic E-state index is 6.20. The van der Waals surface area contributed by atoms with E-state index in [0.717, 1.165) is 31.1 Å². The highest BCUT2D eigenvalue weighted by molar-refractivity contribution is 6.30. The molecule has 1 heterocycles. The largest absolute Gasteiger partial charge is 0.368 e. The molecule has 20 heavy (non-hydrogen) atoms. The van der Waals surface area contributed by atoms with Gasteiger partial charge in [0.15, 0.2) is 0 Å². The second kappa shape index (κ2) is 5.92. The van der Waals surface area contributed by atoms with Crippen LogP contribution in [0.4, 0.5) is 5.69 Å². The third kappa shape index (κ3) is 3.46. The van der Waals surface area contributed by atoms with Gasteiger partial charge in [0.1, 0.15) is 0 Å². The molecule has 1 atom stereocenters. The number of nitrogens with zero attached hydrogens (tertiary/aromatic N) is 2. The van der Waals surface area contributed by atoms with Crippen molar-refractivity contribution in [3.63, 3.8) is 0 Å². The highest BCUT2D eigenvalue weighted by Crippen LogP contribution is 2.30. The van der Waals surface area contributed by atoms with Crippen molar-refractivity contribution in [2.24, 2.45) is 5.73 Å². The van der Waals surface area contributed by atoms with Gasteiger partial charge in [0, 0.05) is 41.9 Å². The summed E-state index contributed by atoms with van der Waals surface area (Å²) in [6.45, 7) is 9.73. The summed E-state index contributed by atoms with van der Waals surface area (Å²) in [4.78, 5) is 4.86. The van der Waals surface area contributed by atoms with Crippen LogP contribution in [-0.2, 0) is 6.42 Å². The molecule has 1 fully saturated rings. The monoisotopic (exact) mass is 295 g/mol. The molecule has 1 unspecified atom stereocenters. The van der Waals surface area contributed by atoms with Crippen molar-refractivity contribution in [3.05, 3.63) is 28.8 Å². The number of nitrogens with two attached hydrogens (primary N) is 1. The molecule has 4 heteroatoms. The fraction of sp³-hybridized carbons (Fsp3) is 0.625. The van der Waals surface area contributed by atoms with Crippen LogP contribution in [0.1, 0.15) is 26.3 Å². The van der Waals surface area contributed by atoms with E-state index in [-0.39, 0.29) is 11.6 Å². The van der Waals surface area contributed by atoms with E-state index >= 15 is 0 Å². The van der Waals surface area contributed by atoms with Crippen molar-refractivity contribution < 1.29 is 0 Å². The predicted molar refractivity (Wildman–Crippen MR) is 87.7 cm³/mol. The highest BCUT2D eigenvalue weighted by Gasteiger charge is 2.31. The Morgan fingerprint density at radius 3 is 2.65 bits per heavy atom. The Bertz CT molecular complexity index is 471. The van der Waals surface area contributed by atoms with Gasteiger partial charge in [-0.1, -0.05) is 17.7 Å². The third-order valence-corrected chi connectivity index (χ3v) is 4.48. The first-order valence-corrected chi connectivity index (χ1v) is 7.67. The number of halogens is 1. The molecule has 0 aromatic heterocycles. The molecule has 2 N–H and O–H groups in total. The minimum absolute atomic E-state index is 0.162. The van der Waals surface area contributed by atoms with Crippen LogP contribution in [0.3, 0.4) is 0 Å². The number of rotatable bonds is 3. The van der Waals surface area contributed by atoms with Crippen molar-refractivity contribution in [2.45, 2.75) is 38.8 Å². The molecule has 3 nitrogen and oxygen atoms in total. The van der Waals surface area contributed by atoms with Gasteiger partial charge in [-0.15, -0.1) is 0 Å². The topological polar surface area (TPSA) is 32.5 Å². The van der Waals surface area contributed by atoms with Gasteiger partial charge in [-0.05, 0) is 51.9 Å². The SMILES string of the molecule is CC(N)Cc1ccc(Cl)cc1N1CCN(C)C(C)(C)C1.